The highest BCUT2D eigenvalue weighted by Gasteiger charge is 2.23. The summed E-state index contributed by atoms with van der Waals surface area (Å²) in [6.45, 7) is 9.26. The lowest BCUT2D eigenvalue weighted by atomic mass is 9.89. The van der Waals surface area contributed by atoms with Crippen LogP contribution in [0.4, 0.5) is 0 Å². The van der Waals surface area contributed by atoms with Crippen LogP contribution in [0, 0.1) is 11.8 Å². The average molecular weight is 1130 g/mol. The van der Waals surface area contributed by atoms with E-state index in [0.29, 0.717) is 0 Å². The van der Waals surface area contributed by atoms with Gasteiger partial charge in [-0.05, 0) is 91.9 Å². The summed E-state index contributed by atoms with van der Waals surface area (Å²) in [7, 11) is 0. The van der Waals surface area contributed by atoms with Crippen LogP contribution in [0.25, 0.3) is 53.7 Å². The molecule has 2 unspecified atom stereocenters. The molecule has 4 heterocycles. The maximum Gasteiger partial charge on any atom is 0.114 e. The quantitative estimate of drug-likeness (QED) is 0.0363. The Morgan fingerprint density at radius 2 is 0.647 bits per heavy atom. The van der Waals surface area contributed by atoms with Crippen LogP contribution >= 0.6 is 78.0 Å². The number of thiophene rings is 2. The van der Waals surface area contributed by atoms with Crippen LogP contribution in [-0.2, 0) is 12.8 Å². The van der Waals surface area contributed by atoms with Crippen molar-refractivity contribution in [3.8, 4) is 20.9 Å². The lowest BCUT2D eigenvalue weighted by molar-refractivity contribution is 0.400. The summed E-state index contributed by atoms with van der Waals surface area (Å²) in [5.41, 5.74) is 9.24. The first-order chi connectivity index (χ1) is 33.4. The number of unbranched alkanes of at least 4 members (excludes halogenated alkanes) is 24. The van der Waals surface area contributed by atoms with Crippen molar-refractivity contribution in [1.82, 2.24) is 17.5 Å². The molecule has 2 aromatic carbocycles. The number of hydrogen-bond donors (Lipinski definition) is 0. The molecule has 2 atom stereocenters. The van der Waals surface area contributed by atoms with E-state index in [1.54, 1.807) is 0 Å². The zero-order valence-corrected chi connectivity index (χ0v) is 49.1. The minimum atomic E-state index is 0.732. The molecule has 0 aliphatic rings. The molecule has 0 saturated carbocycles. The second-order valence-electron chi connectivity index (χ2n) is 20.5. The van der Waals surface area contributed by atoms with Gasteiger partial charge in [-0.25, -0.2) is 0 Å². The van der Waals surface area contributed by atoms with Crippen LogP contribution < -0.4 is 0 Å². The normalized spacial score (nSPS) is 13.0. The number of fused-ring (bicyclic) bond motifs is 5. The summed E-state index contributed by atoms with van der Waals surface area (Å²) in [5.74, 6) is 1.46. The Morgan fingerprint density at radius 1 is 0.368 bits per heavy atom. The molecule has 0 saturated heterocycles. The summed E-state index contributed by atoms with van der Waals surface area (Å²) >= 11 is 14.6. The number of hydrogen-bond acceptors (Lipinski definition) is 8. The molecule has 4 nitrogen and oxygen atoms in total. The van der Waals surface area contributed by atoms with Crippen LogP contribution in [0.15, 0.2) is 31.8 Å². The van der Waals surface area contributed by atoms with Gasteiger partial charge in [0.1, 0.15) is 22.1 Å². The fraction of sp³-hybridized carbons (Fsp3) is 0.690. The van der Waals surface area contributed by atoms with Crippen LogP contribution in [0.3, 0.4) is 0 Å². The molecule has 0 amide bonds. The summed E-state index contributed by atoms with van der Waals surface area (Å²) in [6, 6.07) is 9.66. The molecule has 10 heteroatoms. The topological polar surface area (TPSA) is 51.6 Å². The van der Waals surface area contributed by atoms with Gasteiger partial charge in [0.15, 0.2) is 0 Å². The van der Waals surface area contributed by atoms with Gasteiger partial charge in [-0.1, -0.05) is 233 Å². The van der Waals surface area contributed by atoms with E-state index in [-0.39, 0.29) is 0 Å². The third-order valence-corrected chi connectivity index (χ3v) is 19.8. The lowest BCUT2D eigenvalue weighted by Crippen LogP contribution is -2.05. The Labute approximate surface area is 446 Å². The van der Waals surface area contributed by atoms with E-state index in [2.05, 4.69) is 83.8 Å². The predicted octanol–water partition coefficient (Wildman–Crippen LogP) is 22.7. The van der Waals surface area contributed by atoms with Gasteiger partial charge in [-0.3, -0.25) is 0 Å². The number of nitrogens with zero attached hydrogens (tertiary/aromatic N) is 4. The first-order valence-electron chi connectivity index (χ1n) is 27.9. The standard InChI is InChI=1S/C58H86Br2N4S4/c1-5-9-13-17-21-23-27-31-35-43(33-29-25-19-15-11-7-3)37-45-39-51(65-57(45)59)49-41-47-48(53-55(49)63-67-61-53)42-50(56-54(47)62-68-64-56)52-40-46(58(60)66-52)38-44(34-30-26-20-16-12-8-4)36-32-28-24-22-18-14-10-6-2/h39-44H,5-38H2,1-4H3. The van der Waals surface area contributed by atoms with Gasteiger partial charge in [0, 0.05) is 31.7 Å². The molecule has 376 valence electrons. The molecular formula is C58H86Br2N4S4. The SMILES string of the molecule is CCCCCCCCCCC(CCCCCCCC)Cc1cc(-c2cc3c(cc(-c4cc(CC(CCCCCCCC)CCCCCCCCCC)c(Br)s4)c4nsnc43)c3nsnc23)sc1Br. The monoisotopic (exact) mass is 1120 g/mol. The van der Waals surface area contributed by atoms with Crippen molar-refractivity contribution in [1.29, 1.82) is 0 Å². The van der Waals surface area contributed by atoms with Gasteiger partial charge in [0.05, 0.1) is 31.0 Å². The maximum atomic E-state index is 5.01. The molecule has 6 rings (SSSR count). The molecule has 6 aromatic rings. The maximum absolute atomic E-state index is 5.01. The Kier molecular flexibility index (Phi) is 26.4. The number of benzene rings is 2. The molecule has 0 spiro atoms. The van der Waals surface area contributed by atoms with Crippen LogP contribution in [0.2, 0.25) is 0 Å². The summed E-state index contributed by atoms with van der Waals surface area (Å²) in [6.07, 6.45) is 46.3. The summed E-state index contributed by atoms with van der Waals surface area (Å²) in [5, 5.41) is 2.27. The van der Waals surface area contributed by atoms with E-state index in [4.69, 9.17) is 17.5 Å². The Morgan fingerprint density at radius 3 is 0.956 bits per heavy atom. The Hall–Kier alpha value is -1.30. The fourth-order valence-electron chi connectivity index (χ4n) is 10.7. The van der Waals surface area contributed by atoms with Gasteiger partial charge in [-0.2, -0.15) is 17.5 Å². The van der Waals surface area contributed by atoms with Crippen LogP contribution in [0.5, 0.6) is 0 Å². The van der Waals surface area contributed by atoms with Gasteiger partial charge < -0.3 is 0 Å². The molecule has 0 radical (unpaired) electrons. The van der Waals surface area contributed by atoms with E-state index in [1.165, 1.54) is 269 Å². The average Bonchev–Trinajstić information content (AvgIpc) is 4.18. The van der Waals surface area contributed by atoms with Gasteiger partial charge in [0.25, 0.3) is 0 Å². The van der Waals surface area contributed by atoms with E-state index in [0.717, 1.165) is 57.5 Å². The Bertz CT molecular complexity index is 2150. The lowest BCUT2D eigenvalue weighted by Gasteiger charge is -2.17. The minimum absolute atomic E-state index is 0.732. The highest BCUT2D eigenvalue weighted by atomic mass is 79.9. The fourth-order valence-corrected chi connectivity index (χ4v) is 15.3. The number of rotatable bonds is 38. The summed E-state index contributed by atoms with van der Waals surface area (Å²) < 4.78 is 22.6. The third kappa shape index (κ3) is 17.4. The largest absolute Gasteiger partial charge is 0.172 e. The zero-order chi connectivity index (χ0) is 47.8. The van der Waals surface area contributed by atoms with Gasteiger partial charge >= 0.3 is 0 Å². The number of aromatic nitrogens is 4. The highest BCUT2D eigenvalue weighted by molar-refractivity contribution is 9.11. The van der Waals surface area contributed by atoms with Crippen molar-refractivity contribution < 1.29 is 0 Å². The molecule has 68 heavy (non-hydrogen) atoms. The van der Waals surface area contributed by atoms with E-state index in [9.17, 15) is 0 Å². The first-order valence-corrected chi connectivity index (χ1v) is 32.5. The van der Waals surface area contributed by atoms with Crippen molar-refractivity contribution >= 4 is 111 Å². The van der Waals surface area contributed by atoms with E-state index in [1.807, 2.05) is 22.7 Å². The van der Waals surface area contributed by atoms with E-state index >= 15 is 0 Å². The van der Waals surface area contributed by atoms with Crippen molar-refractivity contribution in [3.63, 3.8) is 0 Å². The number of halogens is 2. The molecule has 4 aromatic heterocycles. The van der Waals surface area contributed by atoms with Gasteiger partial charge in [0.2, 0.25) is 0 Å². The van der Waals surface area contributed by atoms with Crippen molar-refractivity contribution in [2.24, 2.45) is 11.8 Å². The highest BCUT2D eigenvalue weighted by Crippen LogP contribution is 2.46. The van der Waals surface area contributed by atoms with Crippen molar-refractivity contribution in [2.45, 2.75) is 246 Å². The molecule has 0 aliphatic carbocycles. The van der Waals surface area contributed by atoms with Crippen molar-refractivity contribution in [2.75, 3.05) is 0 Å². The molecular weight excluding hydrogens is 1040 g/mol. The molecule has 0 aliphatic heterocycles. The second-order valence-corrected chi connectivity index (χ2v) is 26.3. The molecule has 0 N–H and O–H groups in total. The minimum Gasteiger partial charge on any atom is -0.172 e. The second kappa shape index (κ2) is 32.0. The van der Waals surface area contributed by atoms with E-state index < -0.39 is 0 Å². The first kappa shape index (κ1) is 56.0. The Balaban J connectivity index is 1.19. The van der Waals surface area contributed by atoms with Gasteiger partial charge in [-0.15, -0.1) is 22.7 Å². The van der Waals surface area contributed by atoms with Crippen LogP contribution in [-0.4, -0.2) is 17.5 Å². The van der Waals surface area contributed by atoms with Crippen molar-refractivity contribution in [3.05, 3.63) is 43.0 Å². The summed E-state index contributed by atoms with van der Waals surface area (Å²) in [4.78, 5) is 2.54. The third-order valence-electron chi connectivity index (χ3n) is 14.8. The predicted molar refractivity (Wildman–Crippen MR) is 313 cm³/mol. The zero-order valence-electron chi connectivity index (χ0n) is 42.7. The smallest absolute Gasteiger partial charge is 0.114 e. The molecule has 0 fully saturated rings. The van der Waals surface area contributed by atoms with Crippen LogP contribution in [0.1, 0.15) is 244 Å². The molecule has 0 bridgehead atoms.